The number of carboxylic acids is 1. The number of aryl methyl sites for hydroxylation is 1. The van der Waals surface area contributed by atoms with Gasteiger partial charge in [-0.15, -0.1) is 0 Å². The van der Waals surface area contributed by atoms with Crippen LogP contribution in [0.15, 0.2) is 95.9 Å². The Kier molecular flexibility index (Phi) is 10.4. The predicted molar refractivity (Wildman–Crippen MR) is 180 cm³/mol. The first-order valence-electron chi connectivity index (χ1n) is 15.5. The Morgan fingerprint density at radius 3 is 2.06 bits per heavy atom. The molecule has 9 nitrogen and oxygen atoms in total. The number of rotatable bonds is 11. The molecule has 1 aliphatic carbocycles. The molecule has 5 rings (SSSR count). The molecule has 0 aromatic heterocycles. The van der Waals surface area contributed by atoms with Crippen LogP contribution in [0.5, 0.6) is 5.75 Å². The van der Waals surface area contributed by atoms with Crippen LogP contribution in [0.4, 0.5) is 11.4 Å². The standard InChI is InChI=1S/C37H37N3O6S/c1-26-8-19-33(20-9-26)47(45,46)39(23-27-12-16-31(38-2)17-13-27)25-36(42)40(32-18-21-34(37(43)44)35(41)22-32)24-28-10-14-30(15-11-28)29-6-4-3-5-7-29/h8-22,29,41H,3-7,23-25H2,1H3,(H,43,44). The van der Waals surface area contributed by atoms with Gasteiger partial charge in [0.25, 0.3) is 0 Å². The fraction of sp³-hybridized carbons (Fsp3) is 0.270. The molecule has 0 saturated heterocycles. The highest BCUT2D eigenvalue weighted by atomic mass is 32.2. The monoisotopic (exact) mass is 651 g/mol. The van der Waals surface area contributed by atoms with Crippen molar-refractivity contribution < 1.29 is 28.2 Å². The van der Waals surface area contributed by atoms with Crippen LogP contribution in [0.3, 0.4) is 0 Å². The van der Waals surface area contributed by atoms with E-state index >= 15 is 0 Å². The van der Waals surface area contributed by atoms with Crippen molar-refractivity contribution in [2.24, 2.45) is 0 Å². The van der Waals surface area contributed by atoms with Crippen LogP contribution in [0.25, 0.3) is 4.85 Å². The molecular weight excluding hydrogens is 614 g/mol. The van der Waals surface area contributed by atoms with Gasteiger partial charge in [0.1, 0.15) is 11.3 Å². The molecule has 0 spiro atoms. The molecule has 0 bridgehead atoms. The fourth-order valence-electron chi connectivity index (χ4n) is 5.91. The number of carboxylic acid groups (broad SMARTS) is 1. The van der Waals surface area contributed by atoms with Gasteiger partial charge in [0, 0.05) is 18.3 Å². The summed E-state index contributed by atoms with van der Waals surface area (Å²) >= 11 is 0. The Hall–Kier alpha value is -4.98. The average Bonchev–Trinajstić information content (AvgIpc) is 3.07. The van der Waals surface area contributed by atoms with E-state index in [9.17, 15) is 28.2 Å². The molecule has 10 heteroatoms. The lowest BCUT2D eigenvalue weighted by atomic mass is 9.84. The zero-order valence-corrected chi connectivity index (χ0v) is 27.0. The van der Waals surface area contributed by atoms with E-state index in [4.69, 9.17) is 6.57 Å². The van der Waals surface area contributed by atoms with Gasteiger partial charge in [-0.2, -0.15) is 4.31 Å². The smallest absolute Gasteiger partial charge is 0.339 e. The number of carbonyl (C=O) groups is 2. The average molecular weight is 652 g/mol. The molecule has 1 fully saturated rings. The third kappa shape index (κ3) is 8.06. The number of benzene rings is 4. The van der Waals surface area contributed by atoms with E-state index in [1.807, 2.05) is 19.1 Å². The lowest BCUT2D eigenvalue weighted by molar-refractivity contribution is -0.119. The zero-order valence-electron chi connectivity index (χ0n) is 26.2. The van der Waals surface area contributed by atoms with Gasteiger partial charge < -0.3 is 15.1 Å². The van der Waals surface area contributed by atoms with Crippen LogP contribution < -0.4 is 4.90 Å². The number of anilines is 1. The van der Waals surface area contributed by atoms with Gasteiger partial charge in [-0.25, -0.2) is 18.1 Å². The van der Waals surface area contributed by atoms with Gasteiger partial charge in [-0.1, -0.05) is 85.5 Å². The molecule has 2 N–H and O–H groups in total. The summed E-state index contributed by atoms with van der Waals surface area (Å²) in [5.41, 5.74) is 3.83. The number of hydrogen-bond acceptors (Lipinski definition) is 5. The second-order valence-electron chi connectivity index (χ2n) is 11.9. The molecule has 0 atom stereocenters. The summed E-state index contributed by atoms with van der Waals surface area (Å²) in [6, 6.07) is 24.8. The molecule has 1 aliphatic rings. The molecule has 1 saturated carbocycles. The number of sulfonamides is 1. The molecule has 0 radical (unpaired) electrons. The normalized spacial score (nSPS) is 13.6. The molecule has 0 aliphatic heterocycles. The van der Waals surface area contributed by atoms with Crippen molar-refractivity contribution in [1.82, 2.24) is 4.31 Å². The number of hydrogen-bond donors (Lipinski definition) is 2. The molecule has 1 amide bonds. The van der Waals surface area contributed by atoms with E-state index in [1.165, 1.54) is 60.1 Å². The summed E-state index contributed by atoms with van der Waals surface area (Å²) in [4.78, 5) is 30.6. The number of nitrogens with zero attached hydrogens (tertiary/aromatic N) is 3. The van der Waals surface area contributed by atoms with E-state index in [0.717, 1.165) is 28.3 Å². The maximum Gasteiger partial charge on any atom is 0.339 e. The van der Waals surface area contributed by atoms with Crippen molar-refractivity contribution in [2.75, 3.05) is 11.4 Å². The van der Waals surface area contributed by atoms with Crippen LogP contribution in [0.2, 0.25) is 0 Å². The first-order chi connectivity index (χ1) is 22.5. The minimum absolute atomic E-state index is 0.0296. The maximum absolute atomic E-state index is 14.2. The van der Waals surface area contributed by atoms with Crippen molar-refractivity contribution in [1.29, 1.82) is 0 Å². The van der Waals surface area contributed by atoms with Gasteiger partial charge >= 0.3 is 5.97 Å². The van der Waals surface area contributed by atoms with Gasteiger partial charge in [-0.3, -0.25) is 4.79 Å². The topological polar surface area (TPSA) is 120 Å². The number of aromatic carboxylic acids is 1. The van der Waals surface area contributed by atoms with Crippen molar-refractivity contribution >= 4 is 33.3 Å². The van der Waals surface area contributed by atoms with Crippen molar-refractivity contribution in [3.63, 3.8) is 0 Å². The highest BCUT2D eigenvalue weighted by Crippen LogP contribution is 2.33. The quantitative estimate of drug-likeness (QED) is 0.163. The minimum Gasteiger partial charge on any atom is -0.507 e. The second kappa shape index (κ2) is 14.6. The predicted octanol–water partition coefficient (Wildman–Crippen LogP) is 7.42. The van der Waals surface area contributed by atoms with E-state index in [0.29, 0.717) is 17.2 Å². The first-order valence-corrected chi connectivity index (χ1v) is 17.0. The van der Waals surface area contributed by atoms with E-state index in [1.54, 1.807) is 36.4 Å². The summed E-state index contributed by atoms with van der Waals surface area (Å²) in [6.07, 6.45) is 5.95. The summed E-state index contributed by atoms with van der Waals surface area (Å²) in [6.45, 7) is 8.47. The van der Waals surface area contributed by atoms with Crippen molar-refractivity contribution in [3.05, 3.63) is 130 Å². The highest BCUT2D eigenvalue weighted by molar-refractivity contribution is 7.89. The molecule has 242 valence electrons. The van der Waals surface area contributed by atoms with Gasteiger partial charge in [-0.05, 0) is 66.6 Å². The summed E-state index contributed by atoms with van der Waals surface area (Å²) < 4.78 is 29.1. The maximum atomic E-state index is 14.2. The highest BCUT2D eigenvalue weighted by Gasteiger charge is 2.30. The lowest BCUT2D eigenvalue weighted by Crippen LogP contribution is -2.42. The molecule has 47 heavy (non-hydrogen) atoms. The summed E-state index contributed by atoms with van der Waals surface area (Å²) in [7, 11) is -4.16. The number of carbonyl (C=O) groups excluding carboxylic acids is 1. The Balaban J connectivity index is 1.49. The van der Waals surface area contributed by atoms with E-state index in [-0.39, 0.29) is 29.2 Å². The third-order valence-corrected chi connectivity index (χ3v) is 10.4. The van der Waals surface area contributed by atoms with Crippen molar-refractivity contribution in [3.8, 4) is 5.75 Å². The third-order valence-electron chi connectivity index (χ3n) is 8.62. The Labute approximate surface area is 275 Å². The fourth-order valence-corrected chi connectivity index (χ4v) is 7.28. The molecule has 4 aromatic rings. The molecule has 0 heterocycles. The van der Waals surface area contributed by atoms with Gasteiger partial charge in [0.15, 0.2) is 5.69 Å². The number of aromatic hydroxyl groups is 1. The van der Waals surface area contributed by atoms with Crippen LogP contribution in [-0.4, -0.2) is 41.4 Å². The van der Waals surface area contributed by atoms with E-state index < -0.39 is 34.2 Å². The van der Waals surface area contributed by atoms with Gasteiger partial charge in [0.2, 0.25) is 15.9 Å². The Morgan fingerprint density at radius 1 is 0.851 bits per heavy atom. The summed E-state index contributed by atoms with van der Waals surface area (Å²) in [5, 5.41) is 20.0. The summed E-state index contributed by atoms with van der Waals surface area (Å²) in [5.74, 6) is -1.90. The van der Waals surface area contributed by atoms with E-state index in [2.05, 4.69) is 17.0 Å². The largest absolute Gasteiger partial charge is 0.507 e. The molecular formula is C37H37N3O6S. The number of amides is 1. The van der Waals surface area contributed by atoms with Gasteiger partial charge in [0.05, 0.1) is 24.6 Å². The first kappa shape index (κ1) is 33.4. The van der Waals surface area contributed by atoms with Crippen LogP contribution >= 0.6 is 0 Å². The van der Waals surface area contributed by atoms with Crippen LogP contribution in [-0.2, 0) is 27.9 Å². The number of phenols is 1. The second-order valence-corrected chi connectivity index (χ2v) is 13.9. The SMILES string of the molecule is [C-]#[N+]c1ccc(CN(CC(=O)N(Cc2ccc(C3CCCCC3)cc2)c2ccc(C(=O)O)c(O)c2)S(=O)(=O)c2ccc(C)cc2)cc1. The minimum atomic E-state index is -4.16. The molecule has 0 unspecified atom stereocenters. The zero-order chi connectivity index (χ0) is 33.6. The molecule has 4 aromatic carbocycles. The lowest BCUT2D eigenvalue weighted by Gasteiger charge is -2.28. The Bertz CT molecular complexity index is 1880. The van der Waals surface area contributed by atoms with Crippen molar-refractivity contribution in [2.45, 2.75) is 62.9 Å². The van der Waals surface area contributed by atoms with Crippen LogP contribution in [0, 0.1) is 13.5 Å². The Morgan fingerprint density at radius 2 is 1.47 bits per heavy atom. The van der Waals surface area contributed by atoms with Crippen LogP contribution in [0.1, 0.15) is 70.6 Å².